The monoisotopic (exact) mass is 199 g/mol. The van der Waals surface area contributed by atoms with Crippen molar-refractivity contribution in [2.45, 2.75) is 12.5 Å². The third-order valence-corrected chi connectivity index (χ3v) is 1.65. The number of carboxylic acid groups (broad SMARTS) is 1. The van der Waals surface area contributed by atoms with Crippen molar-refractivity contribution >= 4 is 5.97 Å². The minimum absolute atomic E-state index is 0.231. The molecule has 0 rings (SSSR count). The van der Waals surface area contributed by atoms with Gasteiger partial charge in [-0.05, 0) is 0 Å². The van der Waals surface area contributed by atoms with E-state index in [1.807, 2.05) is 4.90 Å². The van der Waals surface area contributed by atoms with Gasteiger partial charge in [0.2, 0.25) is 0 Å². The molecule has 0 saturated heterocycles. The molecule has 0 aliphatic rings. The molecule has 0 bridgehead atoms. The zero-order valence-electron chi connectivity index (χ0n) is 8.22. The summed E-state index contributed by atoms with van der Waals surface area (Å²) in [6.07, 6.45) is 2.34. The van der Waals surface area contributed by atoms with Crippen LogP contribution in [0.25, 0.3) is 0 Å². The highest BCUT2D eigenvalue weighted by Crippen LogP contribution is 1.97. The van der Waals surface area contributed by atoms with Crippen molar-refractivity contribution in [3.63, 3.8) is 0 Å². The normalized spacial score (nSPS) is 12.4. The van der Waals surface area contributed by atoms with Crippen LogP contribution in [-0.4, -0.2) is 46.8 Å². The van der Waals surface area contributed by atoms with Crippen molar-refractivity contribution in [1.82, 2.24) is 4.90 Å². The van der Waals surface area contributed by atoms with Crippen LogP contribution in [0, 0.1) is 0 Å². The average Bonchev–Trinajstić information content (AvgIpc) is 2.03. The van der Waals surface area contributed by atoms with Crippen molar-refractivity contribution in [1.29, 1.82) is 0 Å². The van der Waals surface area contributed by atoms with Crippen molar-refractivity contribution in [2.24, 2.45) is 0 Å². The number of nitrogens with zero attached hydrogens (tertiary/aromatic N) is 1. The Hall–Kier alpha value is -1.13. The van der Waals surface area contributed by atoms with E-state index in [9.17, 15) is 9.90 Å². The van der Waals surface area contributed by atoms with E-state index in [4.69, 9.17) is 5.11 Å². The van der Waals surface area contributed by atoms with Gasteiger partial charge in [-0.2, -0.15) is 0 Å². The largest absolute Gasteiger partial charge is 0.481 e. The second-order valence-corrected chi connectivity index (χ2v) is 3.05. The van der Waals surface area contributed by atoms with Gasteiger partial charge < -0.3 is 10.2 Å². The van der Waals surface area contributed by atoms with Crippen LogP contribution in [-0.2, 0) is 4.79 Å². The van der Waals surface area contributed by atoms with Crippen LogP contribution in [0.4, 0.5) is 0 Å². The lowest BCUT2D eigenvalue weighted by Crippen LogP contribution is -2.33. The molecule has 0 saturated carbocycles. The Morgan fingerprint density at radius 2 is 1.86 bits per heavy atom. The molecule has 0 spiro atoms. The SMILES string of the molecule is C=CCN(CC=C)CC(O)CC(=O)O. The summed E-state index contributed by atoms with van der Waals surface area (Å²) < 4.78 is 0. The van der Waals surface area contributed by atoms with E-state index in [-0.39, 0.29) is 6.42 Å². The Kier molecular flexibility index (Phi) is 6.70. The number of hydrogen-bond acceptors (Lipinski definition) is 3. The summed E-state index contributed by atoms with van der Waals surface area (Å²) in [4.78, 5) is 12.2. The summed E-state index contributed by atoms with van der Waals surface area (Å²) in [6.45, 7) is 8.71. The van der Waals surface area contributed by atoms with E-state index in [1.54, 1.807) is 12.2 Å². The fourth-order valence-electron chi connectivity index (χ4n) is 1.15. The first-order valence-corrected chi connectivity index (χ1v) is 4.44. The van der Waals surface area contributed by atoms with Gasteiger partial charge in [0.1, 0.15) is 0 Å². The molecule has 80 valence electrons. The highest BCUT2D eigenvalue weighted by atomic mass is 16.4. The molecule has 4 nitrogen and oxygen atoms in total. The lowest BCUT2D eigenvalue weighted by atomic mass is 10.2. The van der Waals surface area contributed by atoms with Crippen molar-refractivity contribution in [3.05, 3.63) is 25.3 Å². The zero-order chi connectivity index (χ0) is 11.0. The lowest BCUT2D eigenvalue weighted by molar-refractivity contribution is -0.139. The predicted molar refractivity (Wildman–Crippen MR) is 55.1 cm³/mol. The van der Waals surface area contributed by atoms with Gasteiger partial charge in [-0.3, -0.25) is 9.69 Å². The first-order chi connectivity index (χ1) is 6.60. The molecule has 0 amide bonds. The standard InChI is InChI=1S/C10H17NO3/c1-3-5-11(6-4-2)8-9(12)7-10(13)14/h3-4,9,12H,1-2,5-8H2,(H,13,14). The summed E-state index contributed by atoms with van der Waals surface area (Å²) in [5.41, 5.74) is 0. The van der Waals surface area contributed by atoms with E-state index in [0.717, 1.165) is 0 Å². The van der Waals surface area contributed by atoms with E-state index >= 15 is 0 Å². The van der Waals surface area contributed by atoms with Crippen LogP contribution >= 0.6 is 0 Å². The van der Waals surface area contributed by atoms with Crippen LogP contribution in [0.15, 0.2) is 25.3 Å². The molecule has 2 N–H and O–H groups in total. The number of carboxylic acids is 1. The summed E-state index contributed by atoms with van der Waals surface area (Å²) in [6, 6.07) is 0. The first-order valence-electron chi connectivity index (χ1n) is 4.44. The third kappa shape index (κ3) is 6.39. The molecule has 14 heavy (non-hydrogen) atoms. The highest BCUT2D eigenvalue weighted by molar-refractivity contribution is 5.67. The van der Waals surface area contributed by atoms with Crippen molar-refractivity contribution < 1.29 is 15.0 Å². The molecular weight excluding hydrogens is 182 g/mol. The molecule has 0 aromatic carbocycles. The topological polar surface area (TPSA) is 60.8 Å². The third-order valence-electron chi connectivity index (χ3n) is 1.65. The van der Waals surface area contributed by atoms with Crippen LogP contribution < -0.4 is 0 Å². The summed E-state index contributed by atoms with van der Waals surface area (Å²) in [7, 11) is 0. The number of carbonyl (C=O) groups is 1. The van der Waals surface area contributed by atoms with Crippen LogP contribution in [0.3, 0.4) is 0 Å². The number of hydrogen-bond donors (Lipinski definition) is 2. The second kappa shape index (κ2) is 7.29. The lowest BCUT2D eigenvalue weighted by Gasteiger charge is -2.21. The smallest absolute Gasteiger partial charge is 0.306 e. The molecular formula is C10H17NO3. The zero-order valence-corrected chi connectivity index (χ0v) is 8.22. The highest BCUT2D eigenvalue weighted by Gasteiger charge is 2.12. The van der Waals surface area contributed by atoms with Crippen molar-refractivity contribution in [3.8, 4) is 0 Å². The Morgan fingerprint density at radius 1 is 1.36 bits per heavy atom. The Balaban J connectivity index is 3.93. The van der Waals surface area contributed by atoms with E-state index in [0.29, 0.717) is 19.6 Å². The molecule has 0 heterocycles. The van der Waals surface area contributed by atoms with E-state index in [1.165, 1.54) is 0 Å². The predicted octanol–water partition coefficient (Wildman–Crippen LogP) is 0.496. The summed E-state index contributed by atoms with van der Waals surface area (Å²) >= 11 is 0. The number of rotatable bonds is 8. The van der Waals surface area contributed by atoms with Gasteiger partial charge in [0.15, 0.2) is 0 Å². The van der Waals surface area contributed by atoms with Gasteiger partial charge in [-0.1, -0.05) is 12.2 Å². The molecule has 0 aromatic heterocycles. The molecule has 0 aliphatic heterocycles. The van der Waals surface area contributed by atoms with Gasteiger partial charge in [-0.25, -0.2) is 0 Å². The Labute approximate surface area is 84.2 Å². The molecule has 0 aromatic rings. The van der Waals surface area contributed by atoms with Gasteiger partial charge in [0.25, 0.3) is 0 Å². The van der Waals surface area contributed by atoms with Crippen LogP contribution in [0.5, 0.6) is 0 Å². The quantitative estimate of drug-likeness (QED) is 0.559. The van der Waals surface area contributed by atoms with Crippen molar-refractivity contribution in [2.75, 3.05) is 19.6 Å². The second-order valence-electron chi connectivity index (χ2n) is 3.05. The van der Waals surface area contributed by atoms with E-state index in [2.05, 4.69) is 13.2 Å². The van der Waals surface area contributed by atoms with Gasteiger partial charge >= 0.3 is 5.97 Å². The van der Waals surface area contributed by atoms with Crippen LogP contribution in [0.1, 0.15) is 6.42 Å². The summed E-state index contributed by atoms with van der Waals surface area (Å²) in [5.74, 6) is -0.991. The number of aliphatic carboxylic acids is 1. The van der Waals surface area contributed by atoms with Gasteiger partial charge in [-0.15, -0.1) is 13.2 Å². The van der Waals surface area contributed by atoms with Crippen LogP contribution in [0.2, 0.25) is 0 Å². The first kappa shape index (κ1) is 12.9. The molecule has 0 fully saturated rings. The fraction of sp³-hybridized carbons (Fsp3) is 0.500. The maximum atomic E-state index is 10.3. The minimum Gasteiger partial charge on any atom is -0.481 e. The minimum atomic E-state index is -0.991. The fourth-order valence-corrected chi connectivity index (χ4v) is 1.15. The molecule has 0 aliphatic carbocycles. The van der Waals surface area contributed by atoms with Gasteiger partial charge in [0.05, 0.1) is 12.5 Å². The molecule has 4 heteroatoms. The average molecular weight is 199 g/mol. The maximum Gasteiger partial charge on any atom is 0.306 e. The molecule has 0 radical (unpaired) electrons. The molecule has 1 atom stereocenters. The number of aliphatic hydroxyl groups excluding tert-OH is 1. The van der Waals surface area contributed by atoms with Gasteiger partial charge in [0, 0.05) is 19.6 Å². The van der Waals surface area contributed by atoms with E-state index < -0.39 is 12.1 Å². The Bertz CT molecular complexity index is 194. The summed E-state index contributed by atoms with van der Waals surface area (Å²) in [5, 5.41) is 17.8. The number of aliphatic hydroxyl groups is 1. The molecule has 1 unspecified atom stereocenters. The Morgan fingerprint density at radius 3 is 2.21 bits per heavy atom. The maximum absolute atomic E-state index is 10.3.